The van der Waals surface area contributed by atoms with Crippen molar-refractivity contribution < 1.29 is 0 Å². The van der Waals surface area contributed by atoms with Gasteiger partial charge in [0.15, 0.2) is 0 Å². The topological polar surface area (TPSA) is 19.4 Å². The van der Waals surface area contributed by atoms with Gasteiger partial charge in [-0.25, -0.2) is 0 Å². The molecule has 11 aromatic rings. The lowest BCUT2D eigenvalue weighted by molar-refractivity contribution is 0.660. The van der Waals surface area contributed by atoms with Gasteiger partial charge in [-0.3, -0.25) is 4.98 Å². The summed E-state index contributed by atoms with van der Waals surface area (Å²) in [7, 11) is 0. The molecule has 1 aliphatic carbocycles. The van der Waals surface area contributed by atoms with E-state index in [9.17, 15) is 0 Å². The molecule has 0 atom stereocenters. The zero-order valence-electron chi connectivity index (χ0n) is 36.9. The number of hydrogen-bond donors (Lipinski definition) is 0. The van der Waals surface area contributed by atoms with Gasteiger partial charge in [-0.15, -0.1) is 0 Å². The fourth-order valence-corrected chi connectivity index (χ4v) is 13.3. The fourth-order valence-electron chi connectivity index (χ4n) is 11.2. The Morgan fingerprint density at radius 2 is 0.881 bits per heavy atom. The highest BCUT2D eigenvalue weighted by Gasteiger charge is 2.36. The Balaban J connectivity index is 1.11. The highest BCUT2D eigenvalue weighted by molar-refractivity contribution is 8.00. The third kappa shape index (κ3) is 5.78. The van der Waals surface area contributed by atoms with Crippen molar-refractivity contribution in [3.05, 3.63) is 224 Å². The van der Waals surface area contributed by atoms with Crippen LogP contribution in [-0.4, -0.2) is 4.98 Å². The summed E-state index contributed by atoms with van der Waals surface area (Å²) in [6.45, 7) is 4.76. The van der Waals surface area contributed by atoms with Gasteiger partial charge in [0.1, 0.15) is 0 Å². The summed E-state index contributed by atoms with van der Waals surface area (Å²) in [6, 6.07) is 76.6. The molecule has 0 fully saturated rings. The summed E-state index contributed by atoms with van der Waals surface area (Å²) < 4.78 is 0. The van der Waals surface area contributed by atoms with Crippen LogP contribution in [0.3, 0.4) is 0 Å². The molecule has 1 aromatic heterocycles. The van der Waals surface area contributed by atoms with Gasteiger partial charge in [0.05, 0.1) is 28.4 Å². The Kier molecular flexibility index (Phi) is 8.50. The van der Waals surface area contributed by atoms with Crippen molar-refractivity contribution in [3.8, 4) is 33.5 Å². The number of para-hydroxylation sites is 4. The SMILES string of the molecule is CC1(C)c2ccccc2-c2ccc(-c3c4cc(N5c6ccccc6Sc6ccccc65)ccc4c(-c4nccc5ccccc45)c4cc(N5c6ccccc6Sc6ccccc65)ccc34)cc21. The first kappa shape index (κ1) is 38.7. The predicted molar refractivity (Wildman–Crippen MR) is 283 cm³/mol. The van der Waals surface area contributed by atoms with Crippen molar-refractivity contribution >= 4 is 90.0 Å². The molecule has 0 spiro atoms. The molecule has 2 aliphatic heterocycles. The summed E-state index contributed by atoms with van der Waals surface area (Å²) in [5.41, 5.74) is 16.7. The van der Waals surface area contributed by atoms with E-state index < -0.39 is 0 Å². The minimum Gasteiger partial charge on any atom is -0.308 e. The Morgan fingerprint density at radius 1 is 0.388 bits per heavy atom. The molecule has 0 saturated carbocycles. The number of anilines is 6. The van der Waals surface area contributed by atoms with Crippen molar-refractivity contribution in [1.29, 1.82) is 0 Å². The van der Waals surface area contributed by atoms with E-state index in [0.29, 0.717) is 0 Å². The second kappa shape index (κ2) is 14.7. The van der Waals surface area contributed by atoms with Crippen molar-refractivity contribution in [1.82, 2.24) is 4.98 Å². The van der Waals surface area contributed by atoms with E-state index in [-0.39, 0.29) is 5.41 Å². The molecule has 0 N–H and O–H groups in total. The number of hydrogen-bond acceptors (Lipinski definition) is 5. The number of pyridine rings is 1. The van der Waals surface area contributed by atoms with Crippen LogP contribution in [0.1, 0.15) is 25.0 Å². The molecule has 0 amide bonds. The van der Waals surface area contributed by atoms with Gasteiger partial charge in [-0.1, -0.05) is 159 Å². The van der Waals surface area contributed by atoms with Gasteiger partial charge < -0.3 is 9.80 Å². The maximum atomic E-state index is 5.32. The molecular formula is C62H41N3S2. The average molecular weight is 892 g/mol. The van der Waals surface area contributed by atoms with Gasteiger partial charge in [0.2, 0.25) is 0 Å². The normalized spacial score (nSPS) is 14.1. The van der Waals surface area contributed by atoms with Crippen molar-refractivity contribution in [2.75, 3.05) is 9.80 Å². The second-order valence-electron chi connectivity index (χ2n) is 18.3. The van der Waals surface area contributed by atoms with Crippen molar-refractivity contribution in [2.24, 2.45) is 0 Å². The second-order valence-corrected chi connectivity index (χ2v) is 20.4. The van der Waals surface area contributed by atoms with E-state index in [2.05, 4.69) is 230 Å². The van der Waals surface area contributed by atoms with Gasteiger partial charge >= 0.3 is 0 Å². The average Bonchev–Trinajstić information content (AvgIpc) is 3.60. The van der Waals surface area contributed by atoms with Crippen LogP contribution >= 0.6 is 23.5 Å². The zero-order chi connectivity index (χ0) is 44.4. The first-order chi connectivity index (χ1) is 33.0. The number of benzene rings is 10. The Morgan fingerprint density at radius 3 is 1.49 bits per heavy atom. The molecule has 0 bridgehead atoms. The van der Waals surface area contributed by atoms with Crippen LogP contribution in [0, 0.1) is 0 Å². The fraction of sp³-hybridized carbons (Fsp3) is 0.0484. The molecule has 10 aromatic carbocycles. The van der Waals surface area contributed by atoms with Crippen LogP contribution in [0.15, 0.2) is 232 Å². The van der Waals surface area contributed by atoms with Gasteiger partial charge in [0.25, 0.3) is 0 Å². The van der Waals surface area contributed by atoms with E-state index in [1.165, 1.54) is 97.3 Å². The van der Waals surface area contributed by atoms with Crippen LogP contribution in [0.5, 0.6) is 0 Å². The Hall–Kier alpha value is -7.57. The minimum atomic E-state index is -0.162. The first-order valence-electron chi connectivity index (χ1n) is 22.9. The minimum absolute atomic E-state index is 0.162. The van der Waals surface area contributed by atoms with E-state index in [1.807, 2.05) is 29.7 Å². The molecule has 0 radical (unpaired) electrons. The predicted octanol–water partition coefficient (Wildman–Crippen LogP) is 18.1. The first-order valence-corrected chi connectivity index (χ1v) is 24.6. The van der Waals surface area contributed by atoms with Gasteiger partial charge in [-0.05, 0) is 145 Å². The number of nitrogens with zero attached hydrogens (tertiary/aromatic N) is 3. The summed E-state index contributed by atoms with van der Waals surface area (Å²) in [4.78, 5) is 15.2. The molecular weight excluding hydrogens is 851 g/mol. The molecule has 316 valence electrons. The van der Waals surface area contributed by atoms with E-state index in [0.717, 1.165) is 33.4 Å². The van der Waals surface area contributed by atoms with Gasteiger partial charge in [-0.2, -0.15) is 0 Å². The lowest BCUT2D eigenvalue weighted by atomic mass is 9.80. The Bertz CT molecular complexity index is 3790. The van der Waals surface area contributed by atoms with Gasteiger partial charge in [0, 0.05) is 53.5 Å². The lowest BCUT2D eigenvalue weighted by Crippen LogP contribution is -2.15. The molecule has 67 heavy (non-hydrogen) atoms. The van der Waals surface area contributed by atoms with Crippen LogP contribution in [0.2, 0.25) is 0 Å². The summed E-state index contributed by atoms with van der Waals surface area (Å²) in [5.74, 6) is 0. The third-order valence-corrected chi connectivity index (χ3v) is 16.5. The number of aromatic nitrogens is 1. The smallest absolute Gasteiger partial charge is 0.0792 e. The monoisotopic (exact) mass is 891 g/mol. The largest absolute Gasteiger partial charge is 0.308 e. The third-order valence-electron chi connectivity index (χ3n) is 14.2. The molecule has 0 unspecified atom stereocenters. The maximum absolute atomic E-state index is 5.32. The maximum Gasteiger partial charge on any atom is 0.0792 e. The number of rotatable bonds is 4. The molecule has 3 aliphatic rings. The van der Waals surface area contributed by atoms with Crippen molar-refractivity contribution in [2.45, 2.75) is 38.8 Å². The van der Waals surface area contributed by atoms with Crippen molar-refractivity contribution in [3.63, 3.8) is 0 Å². The van der Waals surface area contributed by atoms with Crippen LogP contribution in [-0.2, 0) is 5.41 Å². The molecule has 0 saturated heterocycles. The number of fused-ring (bicyclic) bond motifs is 10. The van der Waals surface area contributed by atoms with Crippen LogP contribution in [0.4, 0.5) is 34.1 Å². The highest BCUT2D eigenvalue weighted by Crippen LogP contribution is 2.56. The highest BCUT2D eigenvalue weighted by atomic mass is 32.2. The zero-order valence-corrected chi connectivity index (χ0v) is 38.5. The quantitative estimate of drug-likeness (QED) is 0.164. The van der Waals surface area contributed by atoms with E-state index in [1.54, 1.807) is 0 Å². The molecule has 5 heteroatoms. The Labute approximate surface area is 398 Å². The summed E-state index contributed by atoms with van der Waals surface area (Å²) in [5, 5.41) is 7.01. The van der Waals surface area contributed by atoms with Crippen LogP contribution < -0.4 is 9.80 Å². The van der Waals surface area contributed by atoms with E-state index >= 15 is 0 Å². The van der Waals surface area contributed by atoms with Crippen LogP contribution in [0.25, 0.3) is 65.8 Å². The summed E-state index contributed by atoms with van der Waals surface area (Å²) >= 11 is 3.68. The molecule has 14 rings (SSSR count). The lowest BCUT2D eigenvalue weighted by Gasteiger charge is -2.34. The summed E-state index contributed by atoms with van der Waals surface area (Å²) in [6.07, 6.45) is 1.98. The molecule has 3 nitrogen and oxygen atoms in total. The van der Waals surface area contributed by atoms with E-state index in [4.69, 9.17) is 4.98 Å². The standard InChI is InChI=1S/C62H41N3S2/c1-62(2)49-18-6-5-17-43(49)44-30-27-39(35-50(44)62)59-45-31-28-41(65-53-21-9-13-25-57(53)67-58-26-14-10-22-54(58)65)37-48(45)60(61-42-16-4-3-15-38(42)33-34-63-61)46-32-29-40(36-47(46)59)64-51-19-7-11-23-55(51)66-56-24-12-8-20-52(56)64/h3-37H,1-2H3. The molecule has 3 heterocycles.